The van der Waals surface area contributed by atoms with Gasteiger partial charge in [0, 0.05) is 18.9 Å². The second kappa shape index (κ2) is 4.23. The van der Waals surface area contributed by atoms with Crippen molar-refractivity contribution in [2.45, 2.75) is 6.54 Å². The van der Waals surface area contributed by atoms with Crippen LogP contribution in [0.3, 0.4) is 0 Å². The van der Waals surface area contributed by atoms with E-state index < -0.39 is 0 Å². The summed E-state index contributed by atoms with van der Waals surface area (Å²) in [5.74, 6) is -0.241. The molecule has 78 valence electrons. The molecule has 2 aromatic heterocycles. The maximum absolute atomic E-state index is 11.6. The van der Waals surface area contributed by atoms with Crippen LogP contribution in [0.5, 0.6) is 0 Å². The van der Waals surface area contributed by atoms with Crippen molar-refractivity contribution in [3.8, 4) is 0 Å². The van der Waals surface area contributed by atoms with Gasteiger partial charge in [0.25, 0.3) is 5.91 Å². The molecule has 15 heavy (non-hydrogen) atoms. The molecule has 0 unspecified atom stereocenters. The number of carbonyl (C=O) groups excluding carboxylic acids is 1. The average molecular weight is 225 g/mol. The minimum Gasteiger partial charge on any atom is -0.452 e. The van der Waals surface area contributed by atoms with Gasteiger partial charge in [0.1, 0.15) is 0 Å². The number of H-pyrrole nitrogens is 1. The van der Waals surface area contributed by atoms with Crippen molar-refractivity contribution in [3.63, 3.8) is 0 Å². The Bertz CT molecular complexity index is 448. The largest absolute Gasteiger partial charge is 0.452 e. The number of aromatic nitrogens is 1. The summed E-state index contributed by atoms with van der Waals surface area (Å²) in [7, 11) is 0. The highest BCUT2D eigenvalue weighted by molar-refractivity contribution is 6.32. The van der Waals surface area contributed by atoms with Crippen molar-refractivity contribution < 1.29 is 9.21 Å². The van der Waals surface area contributed by atoms with Gasteiger partial charge >= 0.3 is 0 Å². The van der Waals surface area contributed by atoms with E-state index in [9.17, 15) is 4.79 Å². The molecular weight excluding hydrogens is 216 g/mol. The Morgan fingerprint density at radius 2 is 2.40 bits per heavy atom. The van der Waals surface area contributed by atoms with Crippen LogP contribution in [0.4, 0.5) is 0 Å². The third kappa shape index (κ3) is 2.22. The van der Waals surface area contributed by atoms with Crippen LogP contribution >= 0.6 is 11.6 Å². The first kappa shape index (κ1) is 9.86. The van der Waals surface area contributed by atoms with E-state index in [1.165, 1.54) is 12.3 Å². The molecule has 2 N–H and O–H groups in total. The summed E-state index contributed by atoms with van der Waals surface area (Å²) in [6, 6.07) is 3.42. The fourth-order valence-corrected chi connectivity index (χ4v) is 1.40. The number of rotatable bonds is 3. The molecule has 0 bridgehead atoms. The summed E-state index contributed by atoms with van der Waals surface area (Å²) in [5.41, 5.74) is 1.36. The summed E-state index contributed by atoms with van der Waals surface area (Å²) in [6.07, 6.45) is 5.00. The molecule has 0 saturated carbocycles. The van der Waals surface area contributed by atoms with Crippen LogP contribution in [0.1, 0.15) is 15.9 Å². The SMILES string of the molecule is O=C(NCc1cc[nH]c1)c1ccoc1Cl. The number of hydrogen-bond donors (Lipinski definition) is 2. The van der Waals surface area contributed by atoms with Crippen molar-refractivity contribution in [2.24, 2.45) is 0 Å². The monoisotopic (exact) mass is 224 g/mol. The number of aromatic amines is 1. The van der Waals surface area contributed by atoms with E-state index in [1.54, 1.807) is 6.20 Å². The van der Waals surface area contributed by atoms with Gasteiger partial charge in [0.05, 0.1) is 11.8 Å². The summed E-state index contributed by atoms with van der Waals surface area (Å²) in [6.45, 7) is 0.462. The van der Waals surface area contributed by atoms with Gasteiger partial charge in [-0.1, -0.05) is 0 Å². The molecule has 0 fully saturated rings. The van der Waals surface area contributed by atoms with Crippen molar-refractivity contribution in [2.75, 3.05) is 0 Å². The molecule has 0 atom stereocenters. The summed E-state index contributed by atoms with van der Waals surface area (Å²) >= 11 is 5.66. The van der Waals surface area contributed by atoms with Crippen molar-refractivity contribution in [3.05, 3.63) is 47.1 Å². The molecule has 0 aliphatic carbocycles. The Kier molecular flexibility index (Phi) is 2.78. The van der Waals surface area contributed by atoms with E-state index in [0.29, 0.717) is 12.1 Å². The highest BCUT2D eigenvalue weighted by Crippen LogP contribution is 2.16. The molecule has 2 heterocycles. The minimum absolute atomic E-state index is 0.113. The zero-order valence-electron chi connectivity index (χ0n) is 7.79. The first-order valence-corrected chi connectivity index (χ1v) is 4.78. The van der Waals surface area contributed by atoms with Gasteiger partial charge in [-0.05, 0) is 29.3 Å². The molecule has 0 aliphatic rings. The quantitative estimate of drug-likeness (QED) is 0.840. The molecule has 0 aliphatic heterocycles. The molecular formula is C10H9ClN2O2. The van der Waals surface area contributed by atoms with Gasteiger partial charge in [0.15, 0.2) is 0 Å². The van der Waals surface area contributed by atoms with Crippen molar-refractivity contribution >= 4 is 17.5 Å². The lowest BCUT2D eigenvalue weighted by molar-refractivity contribution is 0.0950. The number of halogens is 1. The number of hydrogen-bond acceptors (Lipinski definition) is 2. The number of carbonyl (C=O) groups is 1. The van der Waals surface area contributed by atoms with E-state index in [4.69, 9.17) is 16.0 Å². The van der Waals surface area contributed by atoms with Crippen molar-refractivity contribution in [1.29, 1.82) is 0 Å². The molecule has 0 saturated heterocycles. The molecule has 0 radical (unpaired) electrons. The third-order valence-electron chi connectivity index (χ3n) is 1.98. The zero-order chi connectivity index (χ0) is 10.7. The molecule has 0 aromatic carbocycles. The van der Waals surface area contributed by atoms with Gasteiger partial charge in [0.2, 0.25) is 5.22 Å². The van der Waals surface area contributed by atoms with Crippen LogP contribution in [0.2, 0.25) is 5.22 Å². The molecule has 4 nitrogen and oxygen atoms in total. The minimum atomic E-state index is -0.241. The molecule has 2 rings (SSSR count). The van der Waals surface area contributed by atoms with Gasteiger partial charge in [-0.2, -0.15) is 0 Å². The van der Waals surface area contributed by atoms with E-state index in [0.717, 1.165) is 5.56 Å². The lowest BCUT2D eigenvalue weighted by Crippen LogP contribution is -2.22. The number of amides is 1. The topological polar surface area (TPSA) is 58.0 Å². The average Bonchev–Trinajstić information content (AvgIpc) is 2.84. The smallest absolute Gasteiger partial charge is 0.256 e. The standard InChI is InChI=1S/C10H9ClN2O2/c11-9-8(2-4-15-9)10(14)13-6-7-1-3-12-5-7/h1-5,12H,6H2,(H,13,14). The van der Waals surface area contributed by atoms with E-state index in [-0.39, 0.29) is 11.1 Å². The van der Waals surface area contributed by atoms with Gasteiger partial charge in [-0.25, -0.2) is 0 Å². The number of furan rings is 1. The van der Waals surface area contributed by atoms with Crippen molar-refractivity contribution in [1.82, 2.24) is 10.3 Å². The van der Waals surface area contributed by atoms with E-state index in [1.807, 2.05) is 12.3 Å². The molecule has 0 spiro atoms. The first-order valence-electron chi connectivity index (χ1n) is 4.40. The molecule has 2 aromatic rings. The summed E-state index contributed by atoms with van der Waals surface area (Å²) in [5, 5.41) is 2.84. The third-order valence-corrected chi connectivity index (χ3v) is 2.27. The Balaban J connectivity index is 1.96. The Labute approximate surface area is 91.2 Å². The molecule has 1 amide bonds. The van der Waals surface area contributed by atoms with Crippen LogP contribution in [0.15, 0.2) is 35.2 Å². The summed E-state index contributed by atoms with van der Waals surface area (Å²) < 4.78 is 4.82. The normalized spacial score (nSPS) is 10.2. The highest BCUT2D eigenvalue weighted by Gasteiger charge is 2.12. The maximum atomic E-state index is 11.6. The van der Waals surface area contributed by atoms with Crippen LogP contribution in [0.25, 0.3) is 0 Å². The van der Waals surface area contributed by atoms with Gasteiger partial charge in [-0.3, -0.25) is 4.79 Å². The second-order valence-electron chi connectivity index (χ2n) is 3.01. The lowest BCUT2D eigenvalue weighted by atomic mass is 10.3. The van der Waals surface area contributed by atoms with Crippen LogP contribution in [-0.2, 0) is 6.54 Å². The van der Waals surface area contributed by atoms with Crippen LogP contribution in [0, 0.1) is 0 Å². The van der Waals surface area contributed by atoms with Gasteiger partial charge in [-0.15, -0.1) is 0 Å². The fraction of sp³-hybridized carbons (Fsp3) is 0.100. The zero-order valence-corrected chi connectivity index (χ0v) is 8.54. The Hall–Kier alpha value is -1.68. The highest BCUT2D eigenvalue weighted by atomic mass is 35.5. The van der Waals surface area contributed by atoms with E-state index in [2.05, 4.69) is 10.3 Å². The fourth-order valence-electron chi connectivity index (χ4n) is 1.20. The predicted octanol–water partition coefficient (Wildman–Crippen LogP) is 2.19. The Morgan fingerprint density at radius 3 is 3.00 bits per heavy atom. The summed E-state index contributed by atoms with van der Waals surface area (Å²) in [4.78, 5) is 14.5. The lowest BCUT2D eigenvalue weighted by Gasteiger charge is -2.01. The maximum Gasteiger partial charge on any atom is 0.256 e. The van der Waals surface area contributed by atoms with Crippen LogP contribution in [-0.4, -0.2) is 10.9 Å². The molecule has 5 heteroatoms. The van der Waals surface area contributed by atoms with E-state index >= 15 is 0 Å². The van der Waals surface area contributed by atoms with Gasteiger partial charge < -0.3 is 14.7 Å². The predicted molar refractivity (Wildman–Crippen MR) is 55.7 cm³/mol. The first-order chi connectivity index (χ1) is 7.27. The Morgan fingerprint density at radius 1 is 1.53 bits per heavy atom. The number of nitrogens with one attached hydrogen (secondary N) is 2. The van der Waals surface area contributed by atoms with Crippen LogP contribution < -0.4 is 5.32 Å². The second-order valence-corrected chi connectivity index (χ2v) is 3.35.